The third-order valence-corrected chi connectivity index (χ3v) is 7.57. The summed E-state index contributed by atoms with van der Waals surface area (Å²) in [6, 6.07) is 0. The number of esters is 2. The van der Waals surface area contributed by atoms with Gasteiger partial charge in [-0.15, -0.1) is 0 Å². The van der Waals surface area contributed by atoms with Crippen molar-refractivity contribution in [2.45, 2.75) is 149 Å². The van der Waals surface area contributed by atoms with Crippen molar-refractivity contribution in [1.82, 2.24) is 0 Å². The molecular weight excluding hydrogens is 607 g/mol. The van der Waals surface area contributed by atoms with E-state index >= 15 is 0 Å². The van der Waals surface area contributed by atoms with Crippen LogP contribution in [0.3, 0.4) is 0 Å². The minimum absolute atomic E-state index is 0.120. The zero-order valence-corrected chi connectivity index (χ0v) is 29.6. The van der Waals surface area contributed by atoms with Gasteiger partial charge in [0.15, 0.2) is 6.10 Å². The number of ether oxygens (including phenoxy) is 2. The van der Waals surface area contributed by atoms with E-state index in [0.717, 1.165) is 57.3 Å². The van der Waals surface area contributed by atoms with Crippen LogP contribution in [0.15, 0.2) is 48.6 Å². The molecule has 0 aliphatic heterocycles. The Balaban J connectivity index is 4.15. The lowest BCUT2D eigenvalue weighted by atomic mass is 10.0. The van der Waals surface area contributed by atoms with Gasteiger partial charge in [0.2, 0.25) is 0 Å². The number of hydrogen-bond acceptors (Lipinski definition) is 7. The zero-order chi connectivity index (χ0) is 34.3. The molecule has 10 heteroatoms. The first kappa shape index (κ1) is 44.0. The molecule has 0 heterocycles. The summed E-state index contributed by atoms with van der Waals surface area (Å²) in [6.45, 7) is 5.66. The van der Waals surface area contributed by atoms with Gasteiger partial charge < -0.3 is 24.4 Å². The SMILES string of the molecule is CCCC(O)C/C=C\C/C=C\C/C=C\C/C=C\CCCC(=O)O[C@H](COC(=O)CCCCCCCCCC(C)C)COP(=O)(O)O. The van der Waals surface area contributed by atoms with Gasteiger partial charge in [-0.25, -0.2) is 4.57 Å². The molecule has 0 aliphatic carbocycles. The van der Waals surface area contributed by atoms with Crippen LogP contribution in [0.4, 0.5) is 0 Å². The van der Waals surface area contributed by atoms with Gasteiger partial charge in [-0.3, -0.25) is 14.1 Å². The van der Waals surface area contributed by atoms with Crippen molar-refractivity contribution in [2.24, 2.45) is 5.92 Å². The van der Waals surface area contributed by atoms with E-state index in [1.807, 2.05) is 18.2 Å². The predicted octanol–water partition coefficient (Wildman–Crippen LogP) is 8.83. The Morgan fingerprint density at radius 2 is 1.24 bits per heavy atom. The van der Waals surface area contributed by atoms with Crippen LogP contribution in [0.1, 0.15) is 136 Å². The summed E-state index contributed by atoms with van der Waals surface area (Å²) in [5, 5.41) is 9.68. The molecule has 0 bridgehead atoms. The molecule has 0 rings (SSSR count). The fourth-order valence-electron chi connectivity index (χ4n) is 4.50. The molecule has 0 amide bonds. The van der Waals surface area contributed by atoms with Crippen molar-refractivity contribution in [3.8, 4) is 0 Å². The molecule has 2 atom stereocenters. The van der Waals surface area contributed by atoms with E-state index in [-0.39, 0.29) is 25.6 Å². The van der Waals surface area contributed by atoms with Crippen molar-refractivity contribution in [3.63, 3.8) is 0 Å². The first-order valence-corrected chi connectivity index (χ1v) is 18.9. The minimum Gasteiger partial charge on any atom is -0.462 e. The molecule has 0 aromatic heterocycles. The van der Waals surface area contributed by atoms with Crippen LogP contribution in [-0.4, -0.2) is 52.3 Å². The van der Waals surface area contributed by atoms with Gasteiger partial charge in [-0.05, 0) is 57.3 Å². The summed E-state index contributed by atoms with van der Waals surface area (Å²) in [4.78, 5) is 42.5. The number of phosphoric acid groups is 1. The van der Waals surface area contributed by atoms with Crippen LogP contribution in [-0.2, 0) is 28.2 Å². The molecule has 9 nitrogen and oxygen atoms in total. The Labute approximate surface area is 278 Å². The fourth-order valence-corrected chi connectivity index (χ4v) is 4.87. The Hall–Kier alpha value is -2.03. The van der Waals surface area contributed by atoms with Gasteiger partial charge in [0, 0.05) is 12.8 Å². The van der Waals surface area contributed by atoms with E-state index in [2.05, 4.69) is 55.7 Å². The molecule has 46 heavy (non-hydrogen) atoms. The zero-order valence-electron chi connectivity index (χ0n) is 28.7. The van der Waals surface area contributed by atoms with E-state index in [9.17, 15) is 19.3 Å². The summed E-state index contributed by atoms with van der Waals surface area (Å²) in [5.74, 6) is -0.230. The molecule has 0 fully saturated rings. The van der Waals surface area contributed by atoms with Crippen molar-refractivity contribution in [3.05, 3.63) is 48.6 Å². The normalized spacial score (nSPS) is 13.9. The molecule has 266 valence electrons. The summed E-state index contributed by atoms with van der Waals surface area (Å²) >= 11 is 0. The summed E-state index contributed by atoms with van der Waals surface area (Å²) in [5.41, 5.74) is 0. The second kappa shape index (κ2) is 30.3. The number of aliphatic hydroxyl groups excluding tert-OH is 1. The molecule has 0 radical (unpaired) electrons. The fraction of sp³-hybridized carbons (Fsp3) is 0.722. The highest BCUT2D eigenvalue weighted by Gasteiger charge is 2.22. The highest BCUT2D eigenvalue weighted by molar-refractivity contribution is 7.46. The van der Waals surface area contributed by atoms with Crippen LogP contribution in [0.2, 0.25) is 0 Å². The van der Waals surface area contributed by atoms with Crippen molar-refractivity contribution in [2.75, 3.05) is 13.2 Å². The number of hydrogen-bond donors (Lipinski definition) is 3. The molecule has 0 aliphatic rings. The third kappa shape index (κ3) is 33.3. The highest BCUT2D eigenvalue weighted by Crippen LogP contribution is 2.35. The molecule has 0 spiro atoms. The third-order valence-electron chi connectivity index (χ3n) is 7.08. The maximum atomic E-state index is 12.3. The monoisotopic (exact) mass is 670 g/mol. The Morgan fingerprint density at radius 3 is 1.83 bits per heavy atom. The molecule has 0 saturated carbocycles. The molecule has 0 aromatic rings. The van der Waals surface area contributed by atoms with Gasteiger partial charge in [0.25, 0.3) is 0 Å². The summed E-state index contributed by atoms with van der Waals surface area (Å²) in [6.07, 6.45) is 30.7. The number of allylic oxidation sites excluding steroid dienone is 7. The van der Waals surface area contributed by atoms with E-state index in [0.29, 0.717) is 25.7 Å². The number of carbonyl (C=O) groups excluding carboxylic acids is 2. The molecule has 0 aromatic carbocycles. The molecule has 3 N–H and O–H groups in total. The van der Waals surface area contributed by atoms with Crippen LogP contribution >= 0.6 is 7.82 Å². The Kier molecular flexibility index (Phi) is 29.0. The van der Waals surface area contributed by atoms with E-state index in [1.54, 1.807) is 0 Å². The first-order valence-electron chi connectivity index (χ1n) is 17.4. The standard InChI is InChI=1S/C36H63O9P/c1-4-25-33(37)27-22-18-14-10-8-6-5-7-9-11-15-20-24-29-36(39)45-34(31-44-46(40,41)42)30-43-35(38)28-23-19-16-12-13-17-21-26-32(2)3/h5,7-8,10-11,15,18,22,32-34,37H,4,6,9,12-14,16-17,19-21,23-31H2,1-3H3,(H2,40,41,42)/b7-5-,10-8-,15-11-,22-18-/t33?,34-/m1/s1. The average Bonchev–Trinajstić information content (AvgIpc) is 2.99. The Bertz CT molecular complexity index is 920. The van der Waals surface area contributed by atoms with Gasteiger partial charge in [0.1, 0.15) is 6.61 Å². The van der Waals surface area contributed by atoms with Crippen LogP contribution in [0.25, 0.3) is 0 Å². The second-order valence-corrected chi connectivity index (χ2v) is 13.4. The van der Waals surface area contributed by atoms with Crippen molar-refractivity contribution < 1.29 is 43.0 Å². The maximum Gasteiger partial charge on any atom is 0.469 e. The number of unbranched alkanes of at least 4 members (excludes halogenated alkanes) is 7. The number of rotatable bonds is 30. The topological polar surface area (TPSA) is 140 Å². The summed E-state index contributed by atoms with van der Waals surface area (Å²) < 4.78 is 26.1. The van der Waals surface area contributed by atoms with E-state index in [1.165, 1.54) is 25.7 Å². The number of aliphatic hydroxyl groups is 1. The van der Waals surface area contributed by atoms with Crippen LogP contribution in [0, 0.1) is 5.92 Å². The van der Waals surface area contributed by atoms with Gasteiger partial charge >= 0.3 is 19.8 Å². The smallest absolute Gasteiger partial charge is 0.462 e. The van der Waals surface area contributed by atoms with E-state index < -0.39 is 32.5 Å². The van der Waals surface area contributed by atoms with Gasteiger partial charge in [-0.2, -0.15) is 0 Å². The lowest BCUT2D eigenvalue weighted by molar-refractivity contribution is -0.161. The molecular formula is C36H63O9P. The lowest BCUT2D eigenvalue weighted by Gasteiger charge is -2.18. The number of carbonyl (C=O) groups is 2. The van der Waals surface area contributed by atoms with E-state index in [4.69, 9.17) is 19.3 Å². The first-order chi connectivity index (χ1) is 22.0. The number of phosphoric ester groups is 1. The van der Waals surface area contributed by atoms with Crippen molar-refractivity contribution in [1.29, 1.82) is 0 Å². The van der Waals surface area contributed by atoms with Crippen LogP contribution < -0.4 is 0 Å². The van der Waals surface area contributed by atoms with Crippen molar-refractivity contribution >= 4 is 19.8 Å². The molecule has 1 unspecified atom stereocenters. The highest BCUT2D eigenvalue weighted by atomic mass is 31.2. The van der Waals surface area contributed by atoms with Gasteiger partial charge in [-0.1, -0.05) is 121 Å². The lowest BCUT2D eigenvalue weighted by Crippen LogP contribution is -2.29. The largest absolute Gasteiger partial charge is 0.469 e. The minimum atomic E-state index is -4.77. The van der Waals surface area contributed by atoms with Gasteiger partial charge in [0.05, 0.1) is 12.7 Å². The van der Waals surface area contributed by atoms with Crippen LogP contribution in [0.5, 0.6) is 0 Å². The predicted molar refractivity (Wildman–Crippen MR) is 185 cm³/mol. The summed E-state index contributed by atoms with van der Waals surface area (Å²) in [7, 11) is -4.77. The quantitative estimate of drug-likeness (QED) is 0.0296. The Morgan fingerprint density at radius 1 is 0.696 bits per heavy atom. The second-order valence-electron chi connectivity index (χ2n) is 12.2. The average molecular weight is 671 g/mol. The molecule has 0 saturated heterocycles. The maximum absolute atomic E-state index is 12.3.